The summed E-state index contributed by atoms with van der Waals surface area (Å²) >= 11 is 0. The lowest BCUT2D eigenvalue weighted by Gasteiger charge is -2.11. The quantitative estimate of drug-likeness (QED) is 0.894. The van der Waals surface area contributed by atoms with E-state index in [-0.39, 0.29) is 29.9 Å². The van der Waals surface area contributed by atoms with E-state index in [0.29, 0.717) is 5.76 Å². The standard InChI is InChI=1S/C13H11N5O2/c1-9(12-3-2-4-20-12)17-13(19)7-18-8-16-10(5-14)11(18)6-15/h2-4,8-9H,7H2,1H3,(H,17,19). The lowest BCUT2D eigenvalue weighted by molar-refractivity contribution is -0.122. The van der Waals surface area contributed by atoms with Crippen molar-refractivity contribution >= 4 is 5.91 Å². The molecule has 20 heavy (non-hydrogen) atoms. The Hall–Kier alpha value is -3.06. The normalized spacial score (nSPS) is 11.3. The molecule has 0 aromatic carbocycles. The van der Waals surface area contributed by atoms with Crippen molar-refractivity contribution in [3.8, 4) is 12.1 Å². The fourth-order valence-electron chi connectivity index (χ4n) is 1.75. The maximum absolute atomic E-state index is 11.9. The molecule has 1 atom stereocenters. The summed E-state index contributed by atoms with van der Waals surface area (Å²) in [6.45, 7) is 1.71. The summed E-state index contributed by atoms with van der Waals surface area (Å²) < 4.78 is 6.52. The van der Waals surface area contributed by atoms with E-state index in [0.717, 1.165) is 0 Å². The number of aromatic nitrogens is 2. The minimum absolute atomic E-state index is 0.0133. The Labute approximate surface area is 115 Å². The smallest absolute Gasteiger partial charge is 0.240 e. The zero-order valence-electron chi connectivity index (χ0n) is 10.7. The zero-order chi connectivity index (χ0) is 14.5. The average Bonchev–Trinajstić information content (AvgIpc) is 3.07. The lowest BCUT2D eigenvalue weighted by Crippen LogP contribution is -2.30. The molecule has 0 spiro atoms. The van der Waals surface area contributed by atoms with Gasteiger partial charge in [-0.25, -0.2) is 4.98 Å². The number of rotatable bonds is 4. The van der Waals surface area contributed by atoms with Crippen LogP contribution < -0.4 is 5.32 Å². The Bertz CT molecular complexity index is 687. The van der Waals surface area contributed by atoms with Gasteiger partial charge in [0.25, 0.3) is 0 Å². The maximum Gasteiger partial charge on any atom is 0.240 e. The van der Waals surface area contributed by atoms with E-state index in [2.05, 4.69) is 10.3 Å². The van der Waals surface area contributed by atoms with Gasteiger partial charge in [-0.3, -0.25) is 4.79 Å². The van der Waals surface area contributed by atoms with Crippen LogP contribution in [0.15, 0.2) is 29.1 Å². The zero-order valence-corrected chi connectivity index (χ0v) is 10.7. The number of carbonyl (C=O) groups is 1. The first-order valence-corrected chi connectivity index (χ1v) is 5.83. The summed E-state index contributed by atoms with van der Waals surface area (Å²) in [5.41, 5.74) is 0.0904. The third-order valence-electron chi connectivity index (χ3n) is 2.71. The van der Waals surface area contributed by atoms with Crippen LogP contribution in [0, 0.1) is 22.7 Å². The molecule has 0 bridgehead atoms. The second kappa shape index (κ2) is 5.72. The van der Waals surface area contributed by atoms with E-state index in [1.165, 1.54) is 17.2 Å². The van der Waals surface area contributed by atoms with Crippen LogP contribution in [-0.2, 0) is 11.3 Å². The third kappa shape index (κ3) is 2.68. The fraction of sp³-hybridized carbons (Fsp3) is 0.231. The van der Waals surface area contributed by atoms with Gasteiger partial charge in [0.1, 0.15) is 24.4 Å². The molecule has 0 aliphatic heterocycles. The van der Waals surface area contributed by atoms with Gasteiger partial charge >= 0.3 is 0 Å². The van der Waals surface area contributed by atoms with Gasteiger partial charge < -0.3 is 14.3 Å². The summed E-state index contributed by atoms with van der Waals surface area (Å²) in [6.07, 6.45) is 2.83. The van der Waals surface area contributed by atoms with Crippen molar-refractivity contribution in [2.24, 2.45) is 0 Å². The Morgan fingerprint density at radius 1 is 1.55 bits per heavy atom. The van der Waals surface area contributed by atoms with Crippen LogP contribution in [0.25, 0.3) is 0 Å². The highest BCUT2D eigenvalue weighted by Gasteiger charge is 2.15. The van der Waals surface area contributed by atoms with E-state index in [9.17, 15) is 4.79 Å². The van der Waals surface area contributed by atoms with Crippen LogP contribution in [0.5, 0.6) is 0 Å². The first-order valence-electron chi connectivity index (χ1n) is 5.83. The molecule has 2 heterocycles. The Morgan fingerprint density at radius 3 is 2.95 bits per heavy atom. The molecule has 1 N–H and O–H groups in total. The van der Waals surface area contributed by atoms with Gasteiger partial charge in [0.2, 0.25) is 5.91 Å². The van der Waals surface area contributed by atoms with Crippen LogP contribution in [0.4, 0.5) is 0 Å². The van der Waals surface area contributed by atoms with Crippen molar-refractivity contribution in [3.05, 3.63) is 41.9 Å². The van der Waals surface area contributed by atoms with Gasteiger partial charge in [0, 0.05) is 0 Å². The minimum Gasteiger partial charge on any atom is -0.467 e. The fourth-order valence-corrected chi connectivity index (χ4v) is 1.75. The summed E-state index contributed by atoms with van der Waals surface area (Å²) in [5.74, 6) is 0.342. The van der Waals surface area contributed by atoms with Crippen LogP contribution in [0.3, 0.4) is 0 Å². The molecule has 7 nitrogen and oxygen atoms in total. The molecule has 0 aliphatic rings. The molecule has 2 aromatic rings. The minimum atomic E-state index is -0.299. The molecule has 0 radical (unpaired) electrons. The topological polar surface area (TPSA) is 108 Å². The molecule has 0 fully saturated rings. The molecule has 0 saturated heterocycles. The maximum atomic E-state index is 11.9. The Balaban J connectivity index is 2.04. The van der Waals surface area contributed by atoms with Crippen molar-refractivity contribution in [1.29, 1.82) is 10.5 Å². The number of furan rings is 1. The molecular formula is C13H11N5O2. The third-order valence-corrected chi connectivity index (χ3v) is 2.71. The number of nitrogens with one attached hydrogen (secondary N) is 1. The van der Waals surface area contributed by atoms with Gasteiger partial charge in [-0.1, -0.05) is 0 Å². The number of nitrogens with zero attached hydrogens (tertiary/aromatic N) is 4. The Kier molecular flexibility index (Phi) is 3.82. The molecule has 0 aliphatic carbocycles. The number of nitriles is 2. The molecule has 1 unspecified atom stereocenters. The second-order valence-electron chi connectivity index (χ2n) is 4.10. The predicted molar refractivity (Wildman–Crippen MR) is 66.9 cm³/mol. The molecule has 1 amide bonds. The average molecular weight is 269 g/mol. The molecule has 2 aromatic heterocycles. The van der Waals surface area contributed by atoms with Crippen molar-refractivity contribution in [2.45, 2.75) is 19.5 Å². The van der Waals surface area contributed by atoms with Crippen molar-refractivity contribution in [2.75, 3.05) is 0 Å². The molecule has 100 valence electrons. The van der Waals surface area contributed by atoms with Crippen LogP contribution >= 0.6 is 0 Å². The van der Waals surface area contributed by atoms with E-state index in [1.807, 2.05) is 6.07 Å². The predicted octanol–water partition coefficient (Wildman–Crippen LogP) is 1.10. The molecular weight excluding hydrogens is 258 g/mol. The van der Waals surface area contributed by atoms with Crippen LogP contribution in [0.1, 0.15) is 30.1 Å². The number of carbonyl (C=O) groups excluding carboxylic acids is 1. The second-order valence-corrected chi connectivity index (χ2v) is 4.10. The van der Waals surface area contributed by atoms with Crippen LogP contribution in [-0.4, -0.2) is 15.5 Å². The van der Waals surface area contributed by atoms with Gasteiger partial charge in [-0.15, -0.1) is 0 Å². The summed E-state index contributed by atoms with van der Waals surface area (Å²) in [7, 11) is 0. The van der Waals surface area contributed by atoms with E-state index >= 15 is 0 Å². The van der Waals surface area contributed by atoms with Crippen molar-refractivity contribution < 1.29 is 9.21 Å². The van der Waals surface area contributed by atoms with Crippen molar-refractivity contribution in [3.63, 3.8) is 0 Å². The van der Waals surface area contributed by atoms with E-state index < -0.39 is 0 Å². The number of amides is 1. The molecule has 7 heteroatoms. The first-order chi connectivity index (χ1) is 9.65. The largest absolute Gasteiger partial charge is 0.467 e. The number of imidazole rings is 1. The van der Waals surface area contributed by atoms with Crippen molar-refractivity contribution in [1.82, 2.24) is 14.9 Å². The van der Waals surface area contributed by atoms with E-state index in [1.54, 1.807) is 25.1 Å². The highest BCUT2D eigenvalue weighted by Crippen LogP contribution is 2.12. The monoisotopic (exact) mass is 269 g/mol. The van der Waals surface area contributed by atoms with Crippen LogP contribution in [0.2, 0.25) is 0 Å². The summed E-state index contributed by atoms with van der Waals surface area (Å²) in [5, 5.41) is 20.5. The Morgan fingerprint density at radius 2 is 2.35 bits per heavy atom. The number of hydrogen-bond donors (Lipinski definition) is 1. The first kappa shape index (κ1) is 13.4. The lowest BCUT2D eigenvalue weighted by atomic mass is 10.2. The van der Waals surface area contributed by atoms with Gasteiger partial charge in [-0.2, -0.15) is 10.5 Å². The highest BCUT2D eigenvalue weighted by atomic mass is 16.3. The number of hydrogen-bond acceptors (Lipinski definition) is 5. The summed E-state index contributed by atoms with van der Waals surface area (Å²) in [4.78, 5) is 15.7. The van der Waals surface area contributed by atoms with Gasteiger partial charge in [0.05, 0.1) is 18.6 Å². The van der Waals surface area contributed by atoms with E-state index in [4.69, 9.17) is 14.9 Å². The van der Waals surface area contributed by atoms with Gasteiger partial charge in [0.15, 0.2) is 11.4 Å². The SMILES string of the molecule is CC(NC(=O)Cn1cnc(C#N)c1C#N)c1ccco1. The molecule has 2 rings (SSSR count). The molecule has 0 saturated carbocycles. The van der Waals surface area contributed by atoms with Gasteiger partial charge in [-0.05, 0) is 19.1 Å². The summed E-state index contributed by atoms with van der Waals surface area (Å²) in [6, 6.07) is 6.88. The highest BCUT2D eigenvalue weighted by molar-refractivity contribution is 5.76.